The van der Waals surface area contributed by atoms with E-state index in [0.717, 1.165) is 50.6 Å². The van der Waals surface area contributed by atoms with Gasteiger partial charge < -0.3 is 9.30 Å². The van der Waals surface area contributed by atoms with Crippen LogP contribution in [0.15, 0.2) is 48.7 Å². The van der Waals surface area contributed by atoms with Gasteiger partial charge in [0.05, 0.1) is 18.7 Å². The van der Waals surface area contributed by atoms with Gasteiger partial charge in [-0.15, -0.1) is 0 Å². The van der Waals surface area contributed by atoms with Crippen molar-refractivity contribution in [2.75, 3.05) is 32.8 Å². The van der Waals surface area contributed by atoms with E-state index in [2.05, 4.69) is 56.5 Å². The molecule has 0 spiro atoms. The molecule has 4 aromatic rings. The number of ether oxygens (including phenoxy) is 1. The standard InChI is InChI=1S/C19H20N4O/c1-2-6-16-15(5-1)18-19(23-8-4-3-7-17(23)20-18)22(16)10-9-21-11-13-24-14-12-21/h1-8H,9-14H2. The fraction of sp³-hybridized carbons (Fsp3) is 0.316. The molecule has 1 aliphatic heterocycles. The molecule has 24 heavy (non-hydrogen) atoms. The second-order valence-electron chi connectivity index (χ2n) is 6.34. The first-order valence-corrected chi connectivity index (χ1v) is 8.56. The lowest BCUT2D eigenvalue weighted by atomic mass is 10.2. The molecular formula is C19H20N4O. The smallest absolute Gasteiger partial charge is 0.146 e. The van der Waals surface area contributed by atoms with Crippen molar-refractivity contribution in [2.24, 2.45) is 0 Å². The van der Waals surface area contributed by atoms with Gasteiger partial charge in [0, 0.05) is 37.8 Å². The number of para-hydroxylation sites is 1. The highest BCUT2D eigenvalue weighted by atomic mass is 16.5. The van der Waals surface area contributed by atoms with E-state index in [-0.39, 0.29) is 0 Å². The topological polar surface area (TPSA) is 34.7 Å². The van der Waals surface area contributed by atoms with Crippen molar-refractivity contribution in [1.82, 2.24) is 18.9 Å². The van der Waals surface area contributed by atoms with E-state index in [1.807, 2.05) is 6.07 Å². The lowest BCUT2D eigenvalue weighted by molar-refractivity contribution is 0.0366. The molecule has 0 N–H and O–H groups in total. The third-order valence-electron chi connectivity index (χ3n) is 4.95. The summed E-state index contributed by atoms with van der Waals surface area (Å²) in [5.41, 5.74) is 4.56. The van der Waals surface area contributed by atoms with Crippen LogP contribution in [0.25, 0.3) is 27.7 Å². The van der Waals surface area contributed by atoms with Crippen molar-refractivity contribution in [3.63, 3.8) is 0 Å². The van der Waals surface area contributed by atoms with Crippen LogP contribution < -0.4 is 0 Å². The molecule has 0 bridgehead atoms. The normalized spacial score (nSPS) is 16.5. The second-order valence-corrected chi connectivity index (χ2v) is 6.34. The summed E-state index contributed by atoms with van der Waals surface area (Å²) in [4.78, 5) is 7.35. The number of nitrogens with zero attached hydrogens (tertiary/aromatic N) is 4. The molecule has 1 aromatic carbocycles. The van der Waals surface area contributed by atoms with Gasteiger partial charge in [-0.05, 0) is 18.2 Å². The van der Waals surface area contributed by atoms with Crippen LogP contribution in [0.4, 0.5) is 0 Å². The first kappa shape index (κ1) is 14.0. The van der Waals surface area contributed by atoms with Crippen molar-refractivity contribution >= 4 is 27.7 Å². The van der Waals surface area contributed by atoms with Crippen molar-refractivity contribution in [1.29, 1.82) is 0 Å². The molecule has 1 fully saturated rings. The summed E-state index contributed by atoms with van der Waals surface area (Å²) < 4.78 is 10.1. The average Bonchev–Trinajstić information content (AvgIpc) is 3.16. The number of pyridine rings is 1. The Morgan fingerprint density at radius 2 is 1.79 bits per heavy atom. The van der Waals surface area contributed by atoms with Crippen LogP contribution in [0.3, 0.4) is 0 Å². The first-order valence-electron chi connectivity index (χ1n) is 8.56. The van der Waals surface area contributed by atoms with Crippen LogP contribution in [-0.4, -0.2) is 51.7 Å². The minimum atomic E-state index is 0.845. The van der Waals surface area contributed by atoms with Crippen LogP contribution in [0.2, 0.25) is 0 Å². The second kappa shape index (κ2) is 5.61. The van der Waals surface area contributed by atoms with Crippen LogP contribution >= 0.6 is 0 Å². The van der Waals surface area contributed by atoms with Gasteiger partial charge in [0.1, 0.15) is 16.8 Å². The molecule has 0 atom stereocenters. The van der Waals surface area contributed by atoms with Crippen molar-refractivity contribution in [3.05, 3.63) is 48.7 Å². The summed E-state index contributed by atoms with van der Waals surface area (Å²) in [5, 5.41) is 1.23. The van der Waals surface area contributed by atoms with Crippen LogP contribution in [0.5, 0.6) is 0 Å². The maximum atomic E-state index is 5.46. The zero-order valence-electron chi connectivity index (χ0n) is 13.6. The number of fused-ring (bicyclic) bond motifs is 5. The molecule has 0 amide bonds. The molecule has 5 rings (SSSR count). The number of hydrogen-bond acceptors (Lipinski definition) is 3. The number of imidazole rings is 1. The Bertz CT molecular complexity index is 1000. The number of morpholine rings is 1. The molecule has 3 aromatic heterocycles. The molecule has 1 aliphatic rings. The lowest BCUT2D eigenvalue weighted by Crippen LogP contribution is -2.38. The minimum Gasteiger partial charge on any atom is -0.379 e. The predicted molar refractivity (Wildman–Crippen MR) is 95.5 cm³/mol. The van der Waals surface area contributed by atoms with Crippen LogP contribution in [0.1, 0.15) is 0 Å². The van der Waals surface area contributed by atoms with Gasteiger partial charge in [-0.3, -0.25) is 9.30 Å². The highest BCUT2D eigenvalue weighted by Crippen LogP contribution is 2.29. The predicted octanol–water partition coefficient (Wildman–Crippen LogP) is 2.77. The summed E-state index contributed by atoms with van der Waals surface area (Å²) in [6, 6.07) is 14.8. The van der Waals surface area contributed by atoms with E-state index in [4.69, 9.17) is 9.72 Å². The van der Waals surface area contributed by atoms with E-state index in [9.17, 15) is 0 Å². The number of aromatic nitrogens is 3. The zero-order chi connectivity index (χ0) is 15.9. The molecule has 4 heterocycles. The largest absolute Gasteiger partial charge is 0.379 e. The summed E-state index contributed by atoms with van der Waals surface area (Å²) >= 11 is 0. The van der Waals surface area contributed by atoms with Crippen LogP contribution in [0, 0.1) is 0 Å². The van der Waals surface area contributed by atoms with E-state index >= 15 is 0 Å². The van der Waals surface area contributed by atoms with E-state index < -0.39 is 0 Å². The molecule has 5 heteroatoms. The fourth-order valence-electron chi connectivity index (χ4n) is 3.74. The Kier molecular flexibility index (Phi) is 3.28. The first-order chi connectivity index (χ1) is 11.9. The van der Waals surface area contributed by atoms with Gasteiger partial charge in [-0.25, -0.2) is 4.98 Å². The molecule has 5 nitrogen and oxygen atoms in total. The lowest BCUT2D eigenvalue weighted by Gasteiger charge is -2.26. The summed E-state index contributed by atoms with van der Waals surface area (Å²) in [6.07, 6.45) is 2.11. The molecule has 0 saturated carbocycles. The van der Waals surface area contributed by atoms with Gasteiger partial charge in [0.25, 0.3) is 0 Å². The molecule has 0 radical (unpaired) electrons. The quantitative estimate of drug-likeness (QED) is 0.582. The van der Waals surface area contributed by atoms with Crippen LogP contribution in [-0.2, 0) is 11.3 Å². The Hall–Kier alpha value is -2.37. The molecule has 122 valence electrons. The van der Waals surface area contributed by atoms with E-state index in [1.54, 1.807) is 0 Å². The average molecular weight is 320 g/mol. The maximum absolute atomic E-state index is 5.46. The number of benzene rings is 1. The highest BCUT2D eigenvalue weighted by Gasteiger charge is 2.17. The third-order valence-corrected chi connectivity index (χ3v) is 4.95. The van der Waals surface area contributed by atoms with E-state index in [1.165, 1.54) is 16.6 Å². The van der Waals surface area contributed by atoms with Crippen molar-refractivity contribution < 1.29 is 4.74 Å². The molecule has 0 aliphatic carbocycles. The van der Waals surface area contributed by atoms with E-state index in [0.29, 0.717) is 0 Å². The fourth-order valence-corrected chi connectivity index (χ4v) is 3.74. The van der Waals surface area contributed by atoms with Gasteiger partial charge in [0.2, 0.25) is 0 Å². The van der Waals surface area contributed by atoms with Gasteiger partial charge in [-0.2, -0.15) is 0 Å². The Morgan fingerprint density at radius 3 is 2.71 bits per heavy atom. The molecular weight excluding hydrogens is 300 g/mol. The molecule has 1 saturated heterocycles. The van der Waals surface area contributed by atoms with Crippen molar-refractivity contribution in [2.45, 2.75) is 6.54 Å². The number of rotatable bonds is 3. The Labute approximate surface area is 140 Å². The SMILES string of the molecule is c1ccc2c(c1)c1nc3ccccn3c1n2CCN1CCOCC1. The van der Waals surface area contributed by atoms with Gasteiger partial charge in [-0.1, -0.05) is 24.3 Å². The zero-order valence-corrected chi connectivity index (χ0v) is 13.6. The summed E-state index contributed by atoms with van der Waals surface area (Å²) in [6.45, 7) is 5.74. The Morgan fingerprint density at radius 1 is 0.958 bits per heavy atom. The molecule has 0 unspecified atom stereocenters. The van der Waals surface area contributed by atoms with Gasteiger partial charge in [0.15, 0.2) is 0 Å². The minimum absolute atomic E-state index is 0.845. The third kappa shape index (κ3) is 2.12. The monoisotopic (exact) mass is 320 g/mol. The number of hydrogen-bond donors (Lipinski definition) is 0. The van der Waals surface area contributed by atoms with Crippen molar-refractivity contribution in [3.8, 4) is 0 Å². The maximum Gasteiger partial charge on any atom is 0.146 e. The highest BCUT2D eigenvalue weighted by molar-refractivity contribution is 6.06. The van der Waals surface area contributed by atoms with Gasteiger partial charge >= 0.3 is 0 Å². The summed E-state index contributed by atoms with van der Waals surface area (Å²) in [7, 11) is 0. The summed E-state index contributed by atoms with van der Waals surface area (Å²) in [5.74, 6) is 0. The Balaban J connectivity index is 1.65.